The maximum absolute atomic E-state index is 12.7. The van der Waals surface area contributed by atoms with Gasteiger partial charge in [0.25, 0.3) is 5.91 Å². The van der Waals surface area contributed by atoms with Gasteiger partial charge in [-0.3, -0.25) is 14.5 Å². The number of amides is 1. The lowest BCUT2D eigenvalue weighted by atomic mass is 10.0. The van der Waals surface area contributed by atoms with E-state index in [1.54, 1.807) is 11.8 Å². The Hall–Kier alpha value is -1.88. The van der Waals surface area contributed by atoms with E-state index in [2.05, 4.69) is 17.0 Å². The maximum Gasteiger partial charge on any atom is 0.324 e. The van der Waals surface area contributed by atoms with Gasteiger partial charge in [0.1, 0.15) is 6.04 Å². The third-order valence-electron chi connectivity index (χ3n) is 5.17. The number of ether oxygens (including phenoxy) is 1. The van der Waals surface area contributed by atoms with Crippen molar-refractivity contribution in [3.63, 3.8) is 0 Å². The van der Waals surface area contributed by atoms with E-state index in [4.69, 9.17) is 4.74 Å². The molecule has 1 aromatic rings. The summed E-state index contributed by atoms with van der Waals surface area (Å²) in [6.07, 6.45) is 4.32. The van der Waals surface area contributed by atoms with E-state index in [1.165, 1.54) is 5.56 Å². The fourth-order valence-electron chi connectivity index (χ4n) is 3.76. The summed E-state index contributed by atoms with van der Waals surface area (Å²) in [6, 6.07) is 9.94. The molecule has 136 valence electrons. The van der Waals surface area contributed by atoms with Crippen LogP contribution in [0.15, 0.2) is 30.3 Å². The van der Waals surface area contributed by atoms with Crippen molar-refractivity contribution in [3.8, 4) is 0 Å². The minimum Gasteiger partial charge on any atom is -0.451 e. The average Bonchev–Trinajstić information content (AvgIpc) is 3.17. The lowest BCUT2D eigenvalue weighted by Gasteiger charge is -2.34. The zero-order valence-corrected chi connectivity index (χ0v) is 15.0. The molecular formula is C20H28N2O3. The molecule has 25 heavy (non-hydrogen) atoms. The second kappa shape index (κ2) is 8.48. The highest BCUT2D eigenvalue weighted by Gasteiger charge is 2.33. The first-order chi connectivity index (χ1) is 12.1. The molecule has 1 aromatic carbocycles. The second-order valence-electron chi connectivity index (χ2n) is 7.08. The van der Waals surface area contributed by atoms with Crippen molar-refractivity contribution in [1.29, 1.82) is 0 Å². The Labute approximate surface area is 149 Å². The maximum atomic E-state index is 12.7. The molecule has 1 amide bonds. The molecule has 0 spiro atoms. The largest absolute Gasteiger partial charge is 0.451 e. The van der Waals surface area contributed by atoms with E-state index in [-0.39, 0.29) is 17.9 Å². The van der Waals surface area contributed by atoms with E-state index in [0.717, 1.165) is 58.3 Å². The first-order valence-electron chi connectivity index (χ1n) is 9.42. The Morgan fingerprint density at radius 3 is 2.48 bits per heavy atom. The summed E-state index contributed by atoms with van der Waals surface area (Å²) in [5.41, 5.74) is 1.20. The normalized spacial score (nSPS) is 22.6. The van der Waals surface area contributed by atoms with Crippen molar-refractivity contribution in [3.05, 3.63) is 35.9 Å². The molecule has 3 rings (SSSR count). The Bertz CT molecular complexity index is 584. The van der Waals surface area contributed by atoms with Crippen molar-refractivity contribution in [2.75, 3.05) is 19.6 Å². The minimum absolute atomic E-state index is 0.0590. The lowest BCUT2D eigenvalue weighted by molar-refractivity contribution is -0.164. The first-order valence-corrected chi connectivity index (χ1v) is 9.42. The van der Waals surface area contributed by atoms with Gasteiger partial charge in [0, 0.05) is 19.6 Å². The van der Waals surface area contributed by atoms with E-state index < -0.39 is 6.10 Å². The molecular weight excluding hydrogens is 316 g/mol. The third kappa shape index (κ3) is 4.60. The number of rotatable bonds is 5. The van der Waals surface area contributed by atoms with Crippen LogP contribution in [0.2, 0.25) is 0 Å². The summed E-state index contributed by atoms with van der Waals surface area (Å²) in [6.45, 7) is 4.90. The van der Waals surface area contributed by atoms with E-state index in [9.17, 15) is 9.59 Å². The van der Waals surface area contributed by atoms with Gasteiger partial charge in [0.15, 0.2) is 6.10 Å². The molecule has 0 radical (unpaired) electrons. The first kappa shape index (κ1) is 17.9. The van der Waals surface area contributed by atoms with E-state index in [1.807, 2.05) is 18.2 Å². The molecule has 2 heterocycles. The van der Waals surface area contributed by atoms with Crippen LogP contribution in [0.4, 0.5) is 0 Å². The molecule has 0 N–H and O–H groups in total. The van der Waals surface area contributed by atoms with Gasteiger partial charge in [-0.1, -0.05) is 36.8 Å². The van der Waals surface area contributed by atoms with Gasteiger partial charge in [-0.25, -0.2) is 0 Å². The topological polar surface area (TPSA) is 49.9 Å². The van der Waals surface area contributed by atoms with Crippen LogP contribution in [-0.2, 0) is 20.9 Å². The fraction of sp³-hybridized carbons (Fsp3) is 0.600. The molecule has 0 bridgehead atoms. The number of carbonyl (C=O) groups excluding carboxylic acids is 2. The SMILES string of the molecule is C[C@H](OC(=O)C1CCCCN1Cc1ccccc1)C(=O)N1CCCC1. The lowest BCUT2D eigenvalue weighted by Crippen LogP contribution is -2.47. The van der Waals surface area contributed by atoms with Crippen LogP contribution in [0.25, 0.3) is 0 Å². The Balaban J connectivity index is 1.59. The summed E-state index contributed by atoms with van der Waals surface area (Å²) < 4.78 is 5.56. The van der Waals surface area contributed by atoms with Gasteiger partial charge in [-0.15, -0.1) is 0 Å². The Morgan fingerprint density at radius 1 is 1.08 bits per heavy atom. The number of hydrogen-bond donors (Lipinski definition) is 0. The van der Waals surface area contributed by atoms with Crippen molar-refractivity contribution in [2.45, 2.75) is 57.7 Å². The van der Waals surface area contributed by atoms with Crippen LogP contribution < -0.4 is 0 Å². The van der Waals surface area contributed by atoms with E-state index in [0.29, 0.717) is 0 Å². The smallest absolute Gasteiger partial charge is 0.324 e. The van der Waals surface area contributed by atoms with Gasteiger partial charge >= 0.3 is 5.97 Å². The van der Waals surface area contributed by atoms with Gasteiger partial charge in [-0.2, -0.15) is 0 Å². The van der Waals surface area contributed by atoms with E-state index >= 15 is 0 Å². The standard InChI is InChI=1S/C20H28N2O3/c1-16(19(23)21-12-7-8-13-21)25-20(24)18-11-5-6-14-22(18)15-17-9-3-2-4-10-17/h2-4,9-10,16,18H,5-8,11-15H2,1H3/t16-,18?/m0/s1. The average molecular weight is 344 g/mol. The molecule has 2 aliphatic heterocycles. The van der Waals surface area contributed by atoms with Gasteiger partial charge in [-0.05, 0) is 44.7 Å². The van der Waals surface area contributed by atoms with Gasteiger partial charge in [0.2, 0.25) is 0 Å². The fourth-order valence-corrected chi connectivity index (χ4v) is 3.76. The van der Waals surface area contributed by atoms with Crippen LogP contribution in [0, 0.1) is 0 Å². The summed E-state index contributed by atoms with van der Waals surface area (Å²) in [5, 5.41) is 0. The molecule has 1 unspecified atom stereocenters. The van der Waals surface area contributed by atoms with Crippen molar-refractivity contribution >= 4 is 11.9 Å². The monoisotopic (exact) mass is 344 g/mol. The van der Waals surface area contributed by atoms with Crippen molar-refractivity contribution in [1.82, 2.24) is 9.80 Å². The van der Waals surface area contributed by atoms with Crippen molar-refractivity contribution in [2.24, 2.45) is 0 Å². The number of likely N-dealkylation sites (tertiary alicyclic amines) is 2. The number of hydrogen-bond acceptors (Lipinski definition) is 4. The van der Waals surface area contributed by atoms with Crippen molar-refractivity contribution < 1.29 is 14.3 Å². The molecule has 5 nitrogen and oxygen atoms in total. The van der Waals surface area contributed by atoms with Crippen LogP contribution in [0.1, 0.15) is 44.6 Å². The zero-order chi connectivity index (χ0) is 17.6. The molecule has 0 saturated carbocycles. The van der Waals surface area contributed by atoms with Gasteiger partial charge in [0.05, 0.1) is 0 Å². The molecule has 0 aliphatic carbocycles. The Kier molecular flexibility index (Phi) is 6.08. The predicted octanol–water partition coefficient (Wildman–Crippen LogP) is 2.60. The molecule has 2 atom stereocenters. The minimum atomic E-state index is -0.689. The summed E-state index contributed by atoms with van der Waals surface area (Å²) in [4.78, 5) is 29.1. The summed E-state index contributed by atoms with van der Waals surface area (Å²) >= 11 is 0. The molecule has 2 aliphatic rings. The number of esters is 1. The van der Waals surface area contributed by atoms with Crippen LogP contribution in [0.5, 0.6) is 0 Å². The third-order valence-corrected chi connectivity index (χ3v) is 5.17. The number of benzene rings is 1. The number of carbonyl (C=O) groups is 2. The quantitative estimate of drug-likeness (QED) is 0.771. The highest BCUT2D eigenvalue weighted by molar-refractivity contribution is 5.85. The predicted molar refractivity (Wildman–Crippen MR) is 95.9 cm³/mol. The highest BCUT2D eigenvalue weighted by atomic mass is 16.5. The highest BCUT2D eigenvalue weighted by Crippen LogP contribution is 2.21. The van der Waals surface area contributed by atoms with Gasteiger partial charge < -0.3 is 9.64 Å². The molecule has 2 fully saturated rings. The molecule has 5 heteroatoms. The second-order valence-corrected chi connectivity index (χ2v) is 7.08. The molecule has 2 saturated heterocycles. The van der Waals surface area contributed by atoms with Crippen LogP contribution in [0.3, 0.4) is 0 Å². The summed E-state index contributed by atoms with van der Waals surface area (Å²) in [5.74, 6) is -0.313. The van der Waals surface area contributed by atoms with Crippen LogP contribution in [-0.4, -0.2) is 53.5 Å². The zero-order valence-electron chi connectivity index (χ0n) is 15.0. The van der Waals surface area contributed by atoms with Crippen LogP contribution >= 0.6 is 0 Å². The number of piperidine rings is 1. The number of nitrogens with zero attached hydrogens (tertiary/aromatic N) is 2. The molecule has 0 aromatic heterocycles. The summed E-state index contributed by atoms with van der Waals surface area (Å²) in [7, 11) is 0. The Morgan fingerprint density at radius 2 is 1.76 bits per heavy atom.